The third-order valence-electron chi connectivity index (χ3n) is 11.2. The third kappa shape index (κ3) is 9.61. The van der Waals surface area contributed by atoms with Gasteiger partial charge >= 0.3 is 5.97 Å². The Morgan fingerprint density at radius 1 is 0.875 bits per heavy atom. The quantitative estimate of drug-likeness (QED) is 0.0990. The number of carboxylic acids is 1. The van der Waals surface area contributed by atoms with Crippen LogP contribution in [0.3, 0.4) is 0 Å². The number of hydrogen-bond donors (Lipinski definition) is 1. The summed E-state index contributed by atoms with van der Waals surface area (Å²) in [5.74, 6) is 0.392. The number of benzene rings is 4. The molecule has 1 fully saturated rings. The molecule has 1 saturated heterocycles. The minimum atomic E-state index is -1.41. The van der Waals surface area contributed by atoms with Crippen molar-refractivity contribution in [3.8, 4) is 56.1 Å². The fourth-order valence-corrected chi connectivity index (χ4v) is 9.42. The standard InChI is InChI=1S/C48H45Cl2FN6O6S/c1-28-38(29(2)42(50)43(41(28)49)61-24-23-57-21-19-56(3)20-22-57)39-40-46(53-27-54-47(40)64-44(39)30-13-15-32(51)16-14-30)63-37(48(58)59)25-31-9-5-7-11-35(31)62-26-33-17-18-52-45(55-33)34-10-6-8-12-36(34)60-4/h5-18,27,37H,19-26H2,1-4H3,(H,58,59)/t37-/m1/s1. The number of likely N-dealkylation sites (N-methyl/N-ethyl adjacent to an activating group) is 1. The third-order valence-corrected chi connectivity index (χ3v) is 13.3. The lowest BCUT2D eigenvalue weighted by Crippen LogP contribution is -2.45. The number of fused-ring (bicyclic) bond motifs is 1. The van der Waals surface area contributed by atoms with E-state index in [1.54, 1.807) is 49.7 Å². The molecule has 1 atom stereocenters. The van der Waals surface area contributed by atoms with E-state index in [9.17, 15) is 14.3 Å². The number of halogens is 3. The number of piperazine rings is 1. The minimum Gasteiger partial charge on any atom is -0.496 e. The lowest BCUT2D eigenvalue weighted by Gasteiger charge is -2.32. The van der Waals surface area contributed by atoms with Crippen LogP contribution in [-0.2, 0) is 17.8 Å². The summed E-state index contributed by atoms with van der Waals surface area (Å²) in [6.07, 6.45) is 1.50. The first-order chi connectivity index (χ1) is 31.0. The molecule has 0 spiro atoms. The van der Waals surface area contributed by atoms with Gasteiger partial charge in [0.15, 0.2) is 11.6 Å². The number of nitrogens with zero attached hydrogens (tertiary/aromatic N) is 6. The Hall–Kier alpha value is -5.90. The van der Waals surface area contributed by atoms with Crippen LogP contribution in [0.5, 0.6) is 23.1 Å². The Morgan fingerprint density at radius 2 is 1.58 bits per heavy atom. The number of hydrogen-bond acceptors (Lipinski definition) is 12. The second-order valence-corrected chi connectivity index (χ2v) is 17.1. The number of carboxylic acid groups (broad SMARTS) is 1. The number of rotatable bonds is 16. The van der Waals surface area contributed by atoms with Gasteiger partial charge in [0.05, 0.1) is 33.8 Å². The van der Waals surface area contributed by atoms with E-state index >= 15 is 0 Å². The summed E-state index contributed by atoms with van der Waals surface area (Å²) >= 11 is 15.6. The van der Waals surface area contributed by atoms with Crippen molar-refractivity contribution < 1.29 is 33.2 Å². The molecular weight excluding hydrogens is 879 g/mol. The van der Waals surface area contributed by atoms with Gasteiger partial charge in [-0.05, 0) is 85.1 Å². The van der Waals surface area contributed by atoms with Gasteiger partial charge in [0.25, 0.3) is 0 Å². The van der Waals surface area contributed by atoms with Crippen LogP contribution < -0.4 is 18.9 Å². The predicted octanol–water partition coefficient (Wildman–Crippen LogP) is 9.83. The van der Waals surface area contributed by atoms with Gasteiger partial charge in [-0.2, -0.15) is 0 Å². The summed E-state index contributed by atoms with van der Waals surface area (Å²) in [5, 5.41) is 11.8. The first-order valence-electron chi connectivity index (χ1n) is 20.6. The lowest BCUT2D eigenvalue weighted by molar-refractivity contribution is -0.145. The number of para-hydroxylation sites is 2. The zero-order valence-corrected chi connectivity index (χ0v) is 37.9. The van der Waals surface area contributed by atoms with E-state index in [4.69, 9.17) is 47.1 Å². The molecular formula is C48H45Cl2FN6O6S. The molecule has 12 nitrogen and oxygen atoms in total. The molecule has 1 N–H and O–H groups in total. The van der Waals surface area contributed by atoms with Crippen LogP contribution in [0.25, 0.3) is 43.2 Å². The smallest absolute Gasteiger partial charge is 0.345 e. The number of aliphatic carboxylic acids is 1. The SMILES string of the molecule is COc1ccccc1-c1nccc(COc2ccccc2C[C@@H](Oc2ncnc3sc(-c4ccc(F)cc4)c(-c4c(C)c(Cl)c(OCCN5CCN(C)CC5)c(Cl)c4C)c23)C(=O)O)n1. The van der Waals surface area contributed by atoms with Crippen molar-refractivity contribution in [2.45, 2.75) is 33.0 Å². The van der Waals surface area contributed by atoms with Crippen molar-refractivity contribution in [3.63, 3.8) is 0 Å². The Kier molecular flexibility index (Phi) is 13.9. The van der Waals surface area contributed by atoms with Gasteiger partial charge < -0.3 is 29.0 Å². The van der Waals surface area contributed by atoms with Crippen LogP contribution in [0.2, 0.25) is 10.0 Å². The molecule has 0 radical (unpaired) electrons. The summed E-state index contributed by atoms with van der Waals surface area (Å²) in [6.45, 7) is 8.83. The zero-order chi connectivity index (χ0) is 44.9. The average Bonchev–Trinajstić information content (AvgIpc) is 3.69. The Balaban J connectivity index is 1.12. The van der Waals surface area contributed by atoms with Crippen LogP contribution in [0.15, 0.2) is 91.4 Å². The van der Waals surface area contributed by atoms with Crippen molar-refractivity contribution in [3.05, 3.63) is 130 Å². The topological polar surface area (TPSA) is 132 Å². The molecule has 16 heteroatoms. The van der Waals surface area contributed by atoms with E-state index in [-0.39, 0.29) is 18.9 Å². The summed E-state index contributed by atoms with van der Waals surface area (Å²) in [6, 6.07) is 22.5. The van der Waals surface area contributed by atoms with E-state index in [0.29, 0.717) is 93.9 Å². The van der Waals surface area contributed by atoms with Crippen LogP contribution in [0, 0.1) is 19.7 Å². The van der Waals surface area contributed by atoms with Gasteiger partial charge in [-0.15, -0.1) is 11.3 Å². The highest BCUT2D eigenvalue weighted by molar-refractivity contribution is 7.22. The molecule has 4 heterocycles. The van der Waals surface area contributed by atoms with Crippen molar-refractivity contribution >= 4 is 50.7 Å². The van der Waals surface area contributed by atoms with Crippen LogP contribution >= 0.6 is 34.5 Å². The molecule has 3 aromatic heterocycles. The van der Waals surface area contributed by atoms with Crippen LogP contribution in [-0.4, -0.2) is 100 Å². The van der Waals surface area contributed by atoms with Crippen molar-refractivity contribution in [1.82, 2.24) is 29.7 Å². The number of methoxy groups -OCH3 is 1. The number of aromatic nitrogens is 4. The fourth-order valence-electron chi connectivity index (χ4n) is 7.74. The Bertz CT molecular complexity index is 2770. The van der Waals surface area contributed by atoms with E-state index < -0.39 is 17.9 Å². The highest BCUT2D eigenvalue weighted by atomic mass is 35.5. The Morgan fingerprint density at radius 3 is 2.30 bits per heavy atom. The number of thiophene rings is 1. The molecule has 0 amide bonds. The maximum atomic E-state index is 14.3. The first kappa shape index (κ1) is 44.7. The molecule has 0 saturated carbocycles. The molecule has 8 rings (SSSR count). The largest absolute Gasteiger partial charge is 0.496 e. The lowest BCUT2D eigenvalue weighted by atomic mass is 9.92. The molecule has 1 aliphatic heterocycles. The second-order valence-electron chi connectivity index (χ2n) is 15.4. The van der Waals surface area contributed by atoms with Crippen molar-refractivity contribution in [1.29, 1.82) is 0 Å². The van der Waals surface area contributed by atoms with Crippen molar-refractivity contribution in [2.24, 2.45) is 0 Å². The molecule has 330 valence electrons. The first-order valence-corrected chi connectivity index (χ1v) is 22.2. The molecule has 4 aromatic carbocycles. The van der Waals surface area contributed by atoms with Crippen LogP contribution in [0.1, 0.15) is 22.4 Å². The van der Waals surface area contributed by atoms with Gasteiger partial charge in [0.1, 0.15) is 41.7 Å². The molecule has 7 aromatic rings. The van der Waals surface area contributed by atoms with Crippen LogP contribution in [0.4, 0.5) is 4.39 Å². The van der Waals surface area contributed by atoms with Gasteiger partial charge in [0.2, 0.25) is 12.0 Å². The highest BCUT2D eigenvalue weighted by Gasteiger charge is 2.30. The van der Waals surface area contributed by atoms with E-state index in [1.165, 1.54) is 29.8 Å². The van der Waals surface area contributed by atoms with Gasteiger partial charge in [-0.1, -0.05) is 65.7 Å². The molecule has 1 aliphatic rings. The zero-order valence-electron chi connectivity index (χ0n) is 35.6. The fraction of sp³-hybridized carbons (Fsp3) is 0.271. The summed E-state index contributed by atoms with van der Waals surface area (Å²) in [4.78, 5) is 37.2. The predicted molar refractivity (Wildman–Crippen MR) is 248 cm³/mol. The number of ether oxygens (including phenoxy) is 4. The molecule has 0 bridgehead atoms. The number of carbonyl (C=O) groups is 1. The van der Waals surface area contributed by atoms with E-state index in [0.717, 1.165) is 38.3 Å². The van der Waals surface area contributed by atoms with Crippen molar-refractivity contribution in [2.75, 3.05) is 53.5 Å². The molecule has 0 aliphatic carbocycles. The maximum Gasteiger partial charge on any atom is 0.345 e. The monoisotopic (exact) mass is 922 g/mol. The van der Waals surface area contributed by atoms with Gasteiger partial charge in [-0.3, -0.25) is 4.90 Å². The normalized spacial score (nSPS) is 13.8. The molecule has 64 heavy (non-hydrogen) atoms. The van der Waals surface area contributed by atoms with E-state index in [1.807, 2.05) is 44.2 Å². The molecule has 0 unspecified atom stereocenters. The minimum absolute atomic E-state index is 0.0406. The highest BCUT2D eigenvalue weighted by Crippen LogP contribution is 2.53. The van der Waals surface area contributed by atoms with Gasteiger partial charge in [0, 0.05) is 55.8 Å². The van der Waals surface area contributed by atoms with E-state index in [2.05, 4.69) is 31.8 Å². The second kappa shape index (κ2) is 19.9. The summed E-state index contributed by atoms with van der Waals surface area (Å²) < 4.78 is 38.8. The average molecular weight is 924 g/mol. The Labute approximate surface area is 384 Å². The summed E-state index contributed by atoms with van der Waals surface area (Å²) in [7, 11) is 3.71. The summed E-state index contributed by atoms with van der Waals surface area (Å²) in [5.41, 5.74) is 5.28. The maximum absolute atomic E-state index is 14.3. The van der Waals surface area contributed by atoms with Gasteiger partial charge in [-0.25, -0.2) is 29.1 Å².